The molecule has 0 radical (unpaired) electrons. The van der Waals surface area contributed by atoms with Gasteiger partial charge < -0.3 is 4.90 Å². The number of halogens is 2. The van der Waals surface area contributed by atoms with Crippen LogP contribution >= 0.6 is 15.9 Å². The van der Waals surface area contributed by atoms with E-state index in [1.165, 1.54) is 6.07 Å². The first kappa shape index (κ1) is 12.8. The van der Waals surface area contributed by atoms with E-state index in [1.54, 1.807) is 6.20 Å². The van der Waals surface area contributed by atoms with Gasteiger partial charge in [-0.15, -0.1) is 0 Å². The highest BCUT2D eigenvalue weighted by Crippen LogP contribution is 2.28. The molecule has 0 unspecified atom stereocenters. The fraction of sp³-hybridized carbons (Fsp3) is 0.615. The first-order valence-electron chi connectivity index (χ1n) is 6.14. The van der Waals surface area contributed by atoms with Crippen LogP contribution in [0.3, 0.4) is 0 Å². The summed E-state index contributed by atoms with van der Waals surface area (Å²) in [7, 11) is 0. The number of piperidine rings is 1. The molecule has 0 N–H and O–H groups in total. The first-order valence-corrected chi connectivity index (χ1v) is 6.93. The van der Waals surface area contributed by atoms with Gasteiger partial charge in [0.2, 0.25) is 0 Å². The minimum Gasteiger partial charge on any atom is -0.354 e. The van der Waals surface area contributed by atoms with E-state index in [2.05, 4.69) is 39.7 Å². The van der Waals surface area contributed by atoms with E-state index in [9.17, 15) is 4.39 Å². The molecule has 1 aliphatic rings. The Morgan fingerprint density at radius 3 is 2.59 bits per heavy atom. The van der Waals surface area contributed by atoms with Crippen molar-refractivity contribution in [1.82, 2.24) is 4.98 Å². The van der Waals surface area contributed by atoms with Gasteiger partial charge in [-0.2, -0.15) is 0 Å². The summed E-state index contributed by atoms with van der Waals surface area (Å²) in [5, 5.41) is 0. The van der Waals surface area contributed by atoms with Crippen LogP contribution in [-0.2, 0) is 0 Å². The van der Waals surface area contributed by atoms with Crippen LogP contribution in [0.4, 0.5) is 10.2 Å². The molecule has 0 bridgehead atoms. The maximum Gasteiger partial charge on any atom is 0.166 e. The van der Waals surface area contributed by atoms with Gasteiger partial charge in [-0.25, -0.2) is 9.37 Å². The zero-order chi connectivity index (χ0) is 12.4. The summed E-state index contributed by atoms with van der Waals surface area (Å²) in [6, 6.07) is 1.48. The van der Waals surface area contributed by atoms with Crippen LogP contribution in [-0.4, -0.2) is 18.1 Å². The van der Waals surface area contributed by atoms with Crippen molar-refractivity contribution in [2.75, 3.05) is 18.0 Å². The van der Waals surface area contributed by atoms with Crippen molar-refractivity contribution in [3.8, 4) is 0 Å². The molecular formula is C13H18BrFN2. The zero-order valence-electron chi connectivity index (χ0n) is 10.3. The third-order valence-electron chi connectivity index (χ3n) is 3.57. The monoisotopic (exact) mass is 300 g/mol. The van der Waals surface area contributed by atoms with Gasteiger partial charge in [0.25, 0.3) is 0 Å². The summed E-state index contributed by atoms with van der Waals surface area (Å²) in [6.45, 7) is 6.35. The molecule has 1 saturated heterocycles. The highest BCUT2D eigenvalue weighted by molar-refractivity contribution is 9.10. The van der Waals surface area contributed by atoms with Crippen LogP contribution in [0.5, 0.6) is 0 Å². The highest BCUT2D eigenvalue weighted by atomic mass is 79.9. The van der Waals surface area contributed by atoms with Gasteiger partial charge in [0.05, 0.1) is 0 Å². The number of nitrogens with zero attached hydrogens (tertiary/aromatic N) is 2. The standard InChI is InChI=1S/C13H18BrFN2/c1-9(2)10-3-5-17(6-4-10)13-12(15)7-11(14)8-16-13/h7-10H,3-6H2,1-2H3. The third kappa shape index (κ3) is 2.97. The number of anilines is 1. The lowest BCUT2D eigenvalue weighted by atomic mass is 9.87. The van der Waals surface area contributed by atoms with Gasteiger partial charge in [-0.1, -0.05) is 13.8 Å². The molecule has 1 aromatic rings. The Morgan fingerprint density at radius 2 is 2.06 bits per heavy atom. The van der Waals surface area contributed by atoms with E-state index >= 15 is 0 Å². The minimum atomic E-state index is -0.234. The second-order valence-corrected chi connectivity index (χ2v) is 5.94. The maximum atomic E-state index is 13.8. The molecule has 17 heavy (non-hydrogen) atoms. The van der Waals surface area contributed by atoms with Crippen LogP contribution in [0.1, 0.15) is 26.7 Å². The summed E-state index contributed by atoms with van der Waals surface area (Å²) in [6.07, 6.45) is 3.93. The van der Waals surface area contributed by atoms with Crippen LogP contribution < -0.4 is 4.90 Å². The highest BCUT2D eigenvalue weighted by Gasteiger charge is 2.23. The quantitative estimate of drug-likeness (QED) is 0.824. The average molecular weight is 301 g/mol. The fourth-order valence-corrected chi connectivity index (χ4v) is 2.72. The molecule has 1 aromatic heterocycles. The molecule has 2 rings (SSSR count). The molecule has 1 fully saturated rings. The second kappa shape index (κ2) is 5.34. The summed E-state index contributed by atoms with van der Waals surface area (Å²) in [5.41, 5.74) is 0. The largest absolute Gasteiger partial charge is 0.354 e. The minimum absolute atomic E-state index is 0.234. The van der Waals surface area contributed by atoms with Crippen molar-refractivity contribution in [1.29, 1.82) is 0 Å². The van der Waals surface area contributed by atoms with Crippen molar-refractivity contribution in [3.05, 3.63) is 22.6 Å². The zero-order valence-corrected chi connectivity index (χ0v) is 11.9. The van der Waals surface area contributed by atoms with Crippen molar-refractivity contribution < 1.29 is 4.39 Å². The molecule has 1 aliphatic heterocycles. The third-order valence-corrected chi connectivity index (χ3v) is 4.00. The predicted molar refractivity (Wildman–Crippen MR) is 71.7 cm³/mol. The normalized spacial score (nSPS) is 17.8. The lowest BCUT2D eigenvalue weighted by Crippen LogP contribution is -2.36. The Morgan fingerprint density at radius 1 is 1.41 bits per heavy atom. The summed E-state index contributed by atoms with van der Waals surface area (Å²) in [5.74, 6) is 1.75. The summed E-state index contributed by atoms with van der Waals surface area (Å²) in [4.78, 5) is 6.23. The Labute approximate surface area is 110 Å². The molecule has 0 saturated carbocycles. The van der Waals surface area contributed by atoms with Gasteiger partial charge in [0.1, 0.15) is 0 Å². The van der Waals surface area contributed by atoms with E-state index < -0.39 is 0 Å². The van der Waals surface area contributed by atoms with E-state index in [0.29, 0.717) is 10.3 Å². The fourth-order valence-electron chi connectivity index (χ4n) is 2.42. The molecule has 0 amide bonds. The predicted octanol–water partition coefficient (Wildman–Crippen LogP) is 3.86. The first-order chi connectivity index (χ1) is 8.08. The van der Waals surface area contributed by atoms with E-state index in [4.69, 9.17) is 0 Å². The van der Waals surface area contributed by atoms with Crippen molar-refractivity contribution in [2.24, 2.45) is 11.8 Å². The van der Waals surface area contributed by atoms with E-state index in [1.807, 2.05) is 0 Å². The second-order valence-electron chi connectivity index (χ2n) is 5.03. The molecule has 4 heteroatoms. The maximum absolute atomic E-state index is 13.8. The molecular weight excluding hydrogens is 283 g/mol. The smallest absolute Gasteiger partial charge is 0.166 e. The summed E-state index contributed by atoms with van der Waals surface area (Å²) < 4.78 is 14.4. The molecule has 0 aliphatic carbocycles. The molecule has 2 heterocycles. The summed E-state index contributed by atoms with van der Waals surface area (Å²) >= 11 is 3.23. The van der Waals surface area contributed by atoms with Crippen LogP contribution in [0, 0.1) is 17.7 Å². The van der Waals surface area contributed by atoms with Crippen LogP contribution in [0.2, 0.25) is 0 Å². The van der Waals surface area contributed by atoms with E-state index in [0.717, 1.165) is 37.8 Å². The Hall–Kier alpha value is -0.640. The van der Waals surface area contributed by atoms with Crippen molar-refractivity contribution >= 4 is 21.7 Å². The SMILES string of the molecule is CC(C)C1CCN(c2ncc(Br)cc2F)CC1. The molecule has 94 valence electrons. The van der Waals surface area contributed by atoms with E-state index in [-0.39, 0.29) is 5.82 Å². The number of hydrogen-bond acceptors (Lipinski definition) is 2. The molecule has 2 nitrogen and oxygen atoms in total. The number of rotatable bonds is 2. The Bertz CT molecular complexity index is 387. The van der Waals surface area contributed by atoms with Crippen LogP contribution in [0.15, 0.2) is 16.7 Å². The van der Waals surface area contributed by atoms with Gasteiger partial charge in [0.15, 0.2) is 11.6 Å². The number of pyridine rings is 1. The van der Waals surface area contributed by atoms with Gasteiger partial charge in [0, 0.05) is 23.8 Å². The van der Waals surface area contributed by atoms with Crippen LogP contribution in [0.25, 0.3) is 0 Å². The van der Waals surface area contributed by atoms with Gasteiger partial charge >= 0.3 is 0 Å². The Kier molecular flexibility index (Phi) is 4.02. The lowest BCUT2D eigenvalue weighted by molar-refractivity contribution is 0.309. The molecule has 0 atom stereocenters. The van der Waals surface area contributed by atoms with Gasteiger partial charge in [-0.3, -0.25) is 0 Å². The molecule has 0 spiro atoms. The lowest BCUT2D eigenvalue weighted by Gasteiger charge is -2.34. The van der Waals surface area contributed by atoms with Gasteiger partial charge in [-0.05, 0) is 46.7 Å². The molecule has 0 aromatic carbocycles. The topological polar surface area (TPSA) is 16.1 Å². The Balaban J connectivity index is 2.05. The number of hydrogen-bond donors (Lipinski definition) is 0. The average Bonchev–Trinajstić information content (AvgIpc) is 2.29. The number of aromatic nitrogens is 1. The van der Waals surface area contributed by atoms with Crippen molar-refractivity contribution in [3.63, 3.8) is 0 Å². The van der Waals surface area contributed by atoms with Crippen molar-refractivity contribution in [2.45, 2.75) is 26.7 Å².